The van der Waals surface area contributed by atoms with Crippen molar-refractivity contribution in [3.05, 3.63) is 0 Å². The molecule has 0 aliphatic rings. The second kappa shape index (κ2) is 7.98. The normalized spacial score (nSPS) is 12.5. The Kier molecular flexibility index (Phi) is 7.36. The van der Waals surface area contributed by atoms with Gasteiger partial charge in [0.15, 0.2) is 0 Å². The highest BCUT2D eigenvalue weighted by Crippen LogP contribution is 1.95. The predicted molar refractivity (Wildman–Crippen MR) is 51.3 cm³/mol. The van der Waals surface area contributed by atoms with E-state index in [-0.39, 0.29) is 19.4 Å². The summed E-state index contributed by atoms with van der Waals surface area (Å²) in [6.07, 6.45) is -2.78. The monoisotopic (exact) mass is 239 g/mol. The van der Waals surface area contributed by atoms with Crippen molar-refractivity contribution < 1.29 is 28.2 Å². The minimum atomic E-state index is -2.55. The molecule has 0 radical (unpaired) electrons. The number of alkyl halides is 2. The van der Waals surface area contributed by atoms with Gasteiger partial charge in [-0.05, 0) is 6.92 Å². The molecule has 0 aromatic heterocycles. The van der Waals surface area contributed by atoms with Crippen molar-refractivity contribution >= 4 is 11.9 Å². The van der Waals surface area contributed by atoms with Crippen LogP contribution in [0, 0.1) is 0 Å². The van der Waals surface area contributed by atoms with Crippen LogP contribution in [0.2, 0.25) is 0 Å². The topological polar surface area (TPSA) is 75.6 Å². The number of hydrogen-bond acceptors (Lipinski definition) is 3. The van der Waals surface area contributed by atoms with Crippen molar-refractivity contribution in [3.63, 3.8) is 0 Å². The van der Waals surface area contributed by atoms with Gasteiger partial charge in [-0.15, -0.1) is 0 Å². The first-order valence-electron chi connectivity index (χ1n) is 4.79. The van der Waals surface area contributed by atoms with Gasteiger partial charge in [-0.1, -0.05) is 0 Å². The lowest BCUT2D eigenvalue weighted by Crippen LogP contribution is -2.34. The fourth-order valence-corrected chi connectivity index (χ4v) is 0.997. The summed E-state index contributed by atoms with van der Waals surface area (Å²) in [6.45, 7) is 0.750. The van der Waals surface area contributed by atoms with Crippen LogP contribution in [-0.2, 0) is 14.3 Å². The largest absolute Gasteiger partial charge is 0.481 e. The number of aliphatic carboxylic acids is 1. The number of ether oxygens (including phenoxy) is 1. The summed E-state index contributed by atoms with van der Waals surface area (Å²) in [6, 6.07) is -0.486. The number of carboxylic acids is 1. The zero-order valence-corrected chi connectivity index (χ0v) is 8.91. The van der Waals surface area contributed by atoms with Crippen LogP contribution in [0.1, 0.15) is 19.8 Å². The van der Waals surface area contributed by atoms with Crippen LogP contribution in [0.4, 0.5) is 8.78 Å². The first-order chi connectivity index (χ1) is 7.41. The summed E-state index contributed by atoms with van der Waals surface area (Å²) in [5.41, 5.74) is 0. The number of carbonyl (C=O) groups is 2. The second-order valence-corrected chi connectivity index (χ2v) is 3.28. The average Bonchev–Trinajstić information content (AvgIpc) is 2.10. The van der Waals surface area contributed by atoms with Crippen LogP contribution < -0.4 is 5.32 Å². The summed E-state index contributed by atoms with van der Waals surface area (Å²) in [7, 11) is 0. The summed E-state index contributed by atoms with van der Waals surface area (Å²) in [5, 5.41) is 10.8. The fraction of sp³-hybridized carbons (Fsp3) is 0.778. The maximum atomic E-state index is 11.6. The molecule has 0 fully saturated rings. The van der Waals surface area contributed by atoms with Crippen LogP contribution in [0.3, 0.4) is 0 Å². The van der Waals surface area contributed by atoms with Gasteiger partial charge in [-0.3, -0.25) is 9.59 Å². The zero-order valence-electron chi connectivity index (χ0n) is 8.91. The third-order valence-electron chi connectivity index (χ3n) is 1.61. The number of hydrogen-bond donors (Lipinski definition) is 2. The Bertz CT molecular complexity index is 236. The second-order valence-electron chi connectivity index (χ2n) is 3.28. The molecule has 2 N–H and O–H groups in total. The van der Waals surface area contributed by atoms with Crippen LogP contribution in [0.15, 0.2) is 0 Å². The van der Waals surface area contributed by atoms with E-state index in [4.69, 9.17) is 5.11 Å². The Morgan fingerprint density at radius 1 is 1.44 bits per heavy atom. The van der Waals surface area contributed by atoms with E-state index >= 15 is 0 Å². The van der Waals surface area contributed by atoms with Crippen LogP contribution in [-0.4, -0.2) is 42.7 Å². The molecule has 1 amide bonds. The van der Waals surface area contributed by atoms with Crippen LogP contribution in [0.25, 0.3) is 0 Å². The Labute approximate surface area is 91.8 Å². The number of rotatable bonds is 8. The van der Waals surface area contributed by atoms with E-state index in [0.717, 1.165) is 0 Å². The van der Waals surface area contributed by atoms with E-state index in [0.29, 0.717) is 0 Å². The molecule has 5 nitrogen and oxygen atoms in total. The predicted octanol–water partition coefficient (Wildman–Crippen LogP) is 0.638. The van der Waals surface area contributed by atoms with E-state index in [1.165, 1.54) is 0 Å². The minimum Gasteiger partial charge on any atom is -0.481 e. The van der Waals surface area contributed by atoms with E-state index in [9.17, 15) is 18.4 Å². The lowest BCUT2D eigenvalue weighted by atomic mass is 10.2. The fourth-order valence-electron chi connectivity index (χ4n) is 0.997. The number of amides is 1. The summed E-state index contributed by atoms with van der Waals surface area (Å²) in [4.78, 5) is 21.4. The Hall–Kier alpha value is -1.24. The highest BCUT2D eigenvalue weighted by atomic mass is 19.3. The maximum Gasteiger partial charge on any atom is 0.305 e. The quantitative estimate of drug-likeness (QED) is 0.609. The molecule has 0 aliphatic carbocycles. The number of halogens is 2. The molecule has 0 rings (SSSR count). The lowest BCUT2D eigenvalue weighted by molar-refractivity contribution is -0.137. The average molecular weight is 239 g/mol. The molecule has 0 spiro atoms. The van der Waals surface area contributed by atoms with Crippen molar-refractivity contribution in [2.24, 2.45) is 0 Å². The SMILES string of the molecule is CC(CC(=O)O)NC(=O)CCOCC(F)F. The number of carbonyl (C=O) groups excluding carboxylic acids is 1. The summed E-state index contributed by atoms with van der Waals surface area (Å²) >= 11 is 0. The molecule has 1 atom stereocenters. The maximum absolute atomic E-state index is 11.6. The van der Waals surface area contributed by atoms with Gasteiger partial charge >= 0.3 is 5.97 Å². The molecule has 7 heteroatoms. The van der Waals surface area contributed by atoms with Gasteiger partial charge in [0.1, 0.15) is 6.61 Å². The molecule has 0 aliphatic heterocycles. The Balaban J connectivity index is 3.54. The molecule has 0 saturated heterocycles. The van der Waals surface area contributed by atoms with Gasteiger partial charge in [0, 0.05) is 12.5 Å². The highest BCUT2D eigenvalue weighted by molar-refractivity contribution is 5.77. The van der Waals surface area contributed by atoms with Crippen molar-refractivity contribution in [1.82, 2.24) is 5.32 Å². The third kappa shape index (κ3) is 9.32. The van der Waals surface area contributed by atoms with Gasteiger partial charge in [-0.2, -0.15) is 0 Å². The van der Waals surface area contributed by atoms with Crippen LogP contribution in [0.5, 0.6) is 0 Å². The zero-order chi connectivity index (χ0) is 12.6. The molecular weight excluding hydrogens is 224 g/mol. The summed E-state index contributed by atoms with van der Waals surface area (Å²) < 4.78 is 27.7. The van der Waals surface area contributed by atoms with Crippen molar-refractivity contribution in [3.8, 4) is 0 Å². The first-order valence-corrected chi connectivity index (χ1v) is 4.79. The van der Waals surface area contributed by atoms with Gasteiger partial charge in [0.05, 0.1) is 13.0 Å². The van der Waals surface area contributed by atoms with Crippen molar-refractivity contribution in [1.29, 1.82) is 0 Å². The molecular formula is C9H15F2NO4. The number of carboxylic acid groups (broad SMARTS) is 1. The van der Waals surface area contributed by atoms with Gasteiger partial charge < -0.3 is 15.2 Å². The Morgan fingerprint density at radius 2 is 2.06 bits per heavy atom. The number of nitrogens with one attached hydrogen (secondary N) is 1. The molecule has 0 aromatic carbocycles. The van der Waals surface area contributed by atoms with E-state index in [1.807, 2.05) is 0 Å². The molecule has 0 bridgehead atoms. The smallest absolute Gasteiger partial charge is 0.305 e. The van der Waals surface area contributed by atoms with Gasteiger partial charge in [0.25, 0.3) is 6.43 Å². The van der Waals surface area contributed by atoms with E-state index in [1.54, 1.807) is 6.92 Å². The van der Waals surface area contributed by atoms with E-state index in [2.05, 4.69) is 10.1 Å². The lowest BCUT2D eigenvalue weighted by Gasteiger charge is -2.11. The summed E-state index contributed by atoms with van der Waals surface area (Å²) in [5.74, 6) is -1.43. The molecule has 0 aromatic rings. The van der Waals surface area contributed by atoms with E-state index < -0.39 is 31.0 Å². The third-order valence-corrected chi connectivity index (χ3v) is 1.61. The molecule has 16 heavy (non-hydrogen) atoms. The van der Waals surface area contributed by atoms with Crippen molar-refractivity contribution in [2.45, 2.75) is 32.2 Å². The highest BCUT2D eigenvalue weighted by Gasteiger charge is 2.11. The molecule has 0 heterocycles. The standard InChI is InChI=1S/C9H15F2NO4/c1-6(4-9(14)15)12-8(13)2-3-16-5-7(10)11/h6-7H,2-5H2,1H3,(H,12,13)(H,14,15). The molecule has 1 unspecified atom stereocenters. The molecule has 0 saturated carbocycles. The first kappa shape index (κ1) is 14.8. The van der Waals surface area contributed by atoms with Gasteiger partial charge in [0.2, 0.25) is 5.91 Å². The molecule has 94 valence electrons. The van der Waals surface area contributed by atoms with Gasteiger partial charge in [-0.25, -0.2) is 8.78 Å². The minimum absolute atomic E-state index is 0.0589. The van der Waals surface area contributed by atoms with Crippen molar-refractivity contribution in [2.75, 3.05) is 13.2 Å². The van der Waals surface area contributed by atoms with Crippen LogP contribution >= 0.6 is 0 Å². The Morgan fingerprint density at radius 3 is 2.56 bits per heavy atom.